The number of carbonyl (C=O) groups excluding carboxylic acids is 1. The van der Waals surface area contributed by atoms with Crippen molar-refractivity contribution >= 4 is 11.6 Å². The Hall–Kier alpha value is -2.63. The molecule has 2 aromatic rings. The summed E-state index contributed by atoms with van der Waals surface area (Å²) in [7, 11) is 0. The van der Waals surface area contributed by atoms with Gasteiger partial charge in [0.2, 0.25) is 0 Å². The number of rotatable bonds is 2. The second-order valence-corrected chi connectivity index (χ2v) is 3.31. The van der Waals surface area contributed by atoms with Gasteiger partial charge in [0.25, 0.3) is 11.5 Å². The Labute approximate surface area is 95.3 Å². The van der Waals surface area contributed by atoms with E-state index in [1.807, 2.05) is 11.1 Å². The van der Waals surface area contributed by atoms with Crippen molar-refractivity contribution in [2.45, 2.75) is 0 Å². The summed E-state index contributed by atoms with van der Waals surface area (Å²) in [6.07, 6.45) is 1.08. The Morgan fingerprint density at radius 3 is 2.47 bits per heavy atom. The molecular formula is C11H9N3O3. The number of hydrogen-bond acceptors (Lipinski definition) is 3. The van der Waals surface area contributed by atoms with Crippen molar-refractivity contribution < 1.29 is 4.79 Å². The highest BCUT2D eigenvalue weighted by Crippen LogP contribution is 2.05. The zero-order valence-corrected chi connectivity index (χ0v) is 8.69. The maximum absolute atomic E-state index is 11.7. The summed E-state index contributed by atoms with van der Waals surface area (Å²) in [5.41, 5.74) is -0.940. The number of aromatic amines is 2. The lowest BCUT2D eigenvalue weighted by atomic mass is 10.3. The molecular weight excluding hydrogens is 222 g/mol. The van der Waals surface area contributed by atoms with Crippen LogP contribution >= 0.6 is 0 Å². The van der Waals surface area contributed by atoms with Crippen LogP contribution < -0.4 is 16.6 Å². The van der Waals surface area contributed by atoms with Crippen LogP contribution in [0.4, 0.5) is 5.69 Å². The smallest absolute Gasteiger partial charge is 0.322 e. The molecule has 1 aromatic heterocycles. The molecule has 3 N–H and O–H groups in total. The Kier molecular flexibility index (Phi) is 2.87. The van der Waals surface area contributed by atoms with Crippen molar-refractivity contribution in [2.24, 2.45) is 0 Å². The van der Waals surface area contributed by atoms with Crippen LogP contribution in [0.3, 0.4) is 0 Å². The first-order valence-electron chi connectivity index (χ1n) is 4.85. The van der Waals surface area contributed by atoms with Gasteiger partial charge in [-0.05, 0) is 12.1 Å². The Balaban J connectivity index is 2.27. The van der Waals surface area contributed by atoms with E-state index in [-0.39, 0.29) is 5.56 Å². The summed E-state index contributed by atoms with van der Waals surface area (Å²) >= 11 is 0. The first-order valence-corrected chi connectivity index (χ1v) is 4.85. The third-order valence-corrected chi connectivity index (χ3v) is 2.10. The number of nitrogens with one attached hydrogen (secondary N) is 3. The molecule has 0 saturated carbocycles. The first kappa shape index (κ1) is 10.9. The lowest BCUT2D eigenvalue weighted by Gasteiger charge is -2.03. The van der Waals surface area contributed by atoms with Crippen LogP contribution in [-0.2, 0) is 0 Å². The molecule has 0 saturated heterocycles. The van der Waals surface area contributed by atoms with Gasteiger partial charge in [0.1, 0.15) is 5.56 Å². The van der Waals surface area contributed by atoms with Crippen LogP contribution in [0.25, 0.3) is 0 Å². The molecule has 0 aliphatic rings. The second kappa shape index (κ2) is 4.48. The van der Waals surface area contributed by atoms with Crippen LogP contribution in [0.15, 0.2) is 46.1 Å². The number of para-hydroxylation sites is 1. The van der Waals surface area contributed by atoms with Crippen LogP contribution in [0, 0.1) is 0 Å². The Morgan fingerprint density at radius 1 is 1.12 bits per heavy atom. The molecule has 6 heteroatoms. The summed E-state index contributed by atoms with van der Waals surface area (Å²) in [5.74, 6) is -0.575. The zero-order valence-electron chi connectivity index (χ0n) is 8.69. The fraction of sp³-hybridized carbons (Fsp3) is 0. The minimum Gasteiger partial charge on any atom is -0.322 e. The van der Waals surface area contributed by atoms with Gasteiger partial charge in [-0.25, -0.2) is 4.79 Å². The number of anilines is 1. The topological polar surface area (TPSA) is 94.8 Å². The van der Waals surface area contributed by atoms with Crippen LogP contribution in [0.2, 0.25) is 0 Å². The predicted molar refractivity (Wildman–Crippen MR) is 62.1 cm³/mol. The lowest BCUT2D eigenvalue weighted by molar-refractivity contribution is 0.102. The number of amides is 1. The normalized spacial score (nSPS) is 9.88. The van der Waals surface area contributed by atoms with Gasteiger partial charge in [-0.3, -0.25) is 14.6 Å². The average molecular weight is 231 g/mol. The third-order valence-electron chi connectivity index (χ3n) is 2.10. The van der Waals surface area contributed by atoms with Crippen molar-refractivity contribution in [2.75, 3.05) is 5.32 Å². The minimum absolute atomic E-state index is 0.145. The molecule has 2 rings (SSSR count). The third kappa shape index (κ3) is 2.49. The average Bonchev–Trinajstić information content (AvgIpc) is 2.30. The summed E-state index contributed by atoms with van der Waals surface area (Å²) < 4.78 is 0. The molecule has 1 heterocycles. The van der Waals surface area contributed by atoms with E-state index in [2.05, 4.69) is 10.3 Å². The van der Waals surface area contributed by atoms with E-state index in [1.54, 1.807) is 24.3 Å². The van der Waals surface area contributed by atoms with E-state index < -0.39 is 17.2 Å². The molecule has 0 radical (unpaired) electrons. The molecule has 86 valence electrons. The fourth-order valence-corrected chi connectivity index (χ4v) is 1.30. The van der Waals surface area contributed by atoms with Gasteiger partial charge in [0.15, 0.2) is 0 Å². The number of benzene rings is 1. The van der Waals surface area contributed by atoms with Crippen molar-refractivity contribution in [1.29, 1.82) is 0 Å². The van der Waals surface area contributed by atoms with E-state index in [1.165, 1.54) is 0 Å². The number of H-pyrrole nitrogens is 2. The monoisotopic (exact) mass is 231 g/mol. The zero-order chi connectivity index (χ0) is 12.3. The summed E-state index contributed by atoms with van der Waals surface area (Å²) in [4.78, 5) is 38.0. The van der Waals surface area contributed by atoms with Gasteiger partial charge >= 0.3 is 5.69 Å². The number of carbonyl (C=O) groups is 1. The van der Waals surface area contributed by atoms with Gasteiger partial charge in [-0.1, -0.05) is 18.2 Å². The van der Waals surface area contributed by atoms with Crippen molar-refractivity contribution in [3.63, 3.8) is 0 Å². The van der Waals surface area contributed by atoms with E-state index in [9.17, 15) is 14.4 Å². The van der Waals surface area contributed by atoms with Gasteiger partial charge in [0.05, 0.1) is 0 Å². The molecule has 0 spiro atoms. The van der Waals surface area contributed by atoms with Crippen LogP contribution in [0.1, 0.15) is 10.4 Å². The summed E-state index contributed by atoms with van der Waals surface area (Å²) in [6, 6.07) is 8.71. The molecule has 0 fully saturated rings. The lowest BCUT2D eigenvalue weighted by Crippen LogP contribution is -2.29. The van der Waals surface area contributed by atoms with Crippen molar-refractivity contribution in [3.05, 3.63) is 62.9 Å². The standard InChI is InChI=1S/C11H9N3O3/c15-9(13-7-4-2-1-3-5-7)8-6-12-11(17)14-10(8)16/h1-6H,(H,13,15)(H2,12,14,16,17). The maximum Gasteiger partial charge on any atom is 0.325 e. The molecule has 0 unspecified atom stereocenters. The van der Waals surface area contributed by atoms with E-state index >= 15 is 0 Å². The highest BCUT2D eigenvalue weighted by atomic mass is 16.2. The maximum atomic E-state index is 11.7. The molecule has 1 amide bonds. The number of aromatic nitrogens is 2. The molecule has 0 atom stereocenters. The highest BCUT2D eigenvalue weighted by molar-refractivity contribution is 6.03. The molecule has 0 bridgehead atoms. The quantitative estimate of drug-likeness (QED) is 0.694. The van der Waals surface area contributed by atoms with Crippen LogP contribution in [0.5, 0.6) is 0 Å². The van der Waals surface area contributed by atoms with E-state index in [0.29, 0.717) is 5.69 Å². The second-order valence-electron chi connectivity index (χ2n) is 3.31. The first-order chi connectivity index (χ1) is 8.16. The molecule has 0 aliphatic carbocycles. The fourth-order valence-electron chi connectivity index (χ4n) is 1.30. The summed E-state index contributed by atoms with van der Waals surface area (Å²) in [6.45, 7) is 0. The highest BCUT2D eigenvalue weighted by Gasteiger charge is 2.10. The SMILES string of the molecule is O=C(Nc1ccccc1)c1c[nH]c(=O)[nH]c1=O. The van der Waals surface area contributed by atoms with Crippen molar-refractivity contribution in [1.82, 2.24) is 9.97 Å². The predicted octanol–water partition coefficient (Wildman–Crippen LogP) is 0.316. The molecule has 6 nitrogen and oxygen atoms in total. The minimum atomic E-state index is -0.720. The molecule has 1 aromatic carbocycles. The van der Waals surface area contributed by atoms with Gasteiger partial charge in [0, 0.05) is 11.9 Å². The van der Waals surface area contributed by atoms with Gasteiger partial charge in [-0.15, -0.1) is 0 Å². The van der Waals surface area contributed by atoms with E-state index in [0.717, 1.165) is 6.20 Å². The van der Waals surface area contributed by atoms with E-state index in [4.69, 9.17) is 0 Å². The number of hydrogen-bond donors (Lipinski definition) is 3. The Morgan fingerprint density at radius 2 is 1.82 bits per heavy atom. The Bertz CT molecular complexity index is 643. The van der Waals surface area contributed by atoms with Gasteiger partial charge in [-0.2, -0.15) is 0 Å². The van der Waals surface area contributed by atoms with Gasteiger partial charge < -0.3 is 10.3 Å². The van der Waals surface area contributed by atoms with Crippen molar-refractivity contribution in [3.8, 4) is 0 Å². The summed E-state index contributed by atoms with van der Waals surface area (Å²) in [5, 5.41) is 2.54. The van der Waals surface area contributed by atoms with Crippen LogP contribution in [-0.4, -0.2) is 15.9 Å². The largest absolute Gasteiger partial charge is 0.325 e. The molecule has 0 aliphatic heterocycles. The molecule has 17 heavy (non-hydrogen) atoms.